The van der Waals surface area contributed by atoms with Crippen LogP contribution in [0.25, 0.3) is 5.65 Å². The third-order valence-electron chi connectivity index (χ3n) is 4.60. The van der Waals surface area contributed by atoms with Gasteiger partial charge in [0.25, 0.3) is 5.91 Å². The molecule has 0 radical (unpaired) electrons. The van der Waals surface area contributed by atoms with Crippen LogP contribution in [0.3, 0.4) is 0 Å². The van der Waals surface area contributed by atoms with Crippen molar-refractivity contribution in [3.8, 4) is 0 Å². The molecule has 28 heavy (non-hydrogen) atoms. The molecule has 7 heteroatoms. The minimum absolute atomic E-state index is 0.214. The molecule has 1 aromatic carbocycles. The summed E-state index contributed by atoms with van der Waals surface area (Å²) in [7, 11) is 0. The minimum atomic E-state index is -0.214. The van der Waals surface area contributed by atoms with Crippen LogP contribution < -0.4 is 5.32 Å². The lowest BCUT2D eigenvalue weighted by Gasteiger charge is -2.12. The number of aromatic nitrogens is 5. The van der Waals surface area contributed by atoms with Crippen LogP contribution in [0.2, 0.25) is 0 Å². The molecule has 7 nitrogen and oxygen atoms in total. The van der Waals surface area contributed by atoms with E-state index in [9.17, 15) is 4.79 Å². The maximum absolute atomic E-state index is 12.9. The number of hydrogen-bond donors (Lipinski definition) is 1. The van der Waals surface area contributed by atoms with Crippen molar-refractivity contribution in [2.24, 2.45) is 0 Å². The van der Waals surface area contributed by atoms with Crippen LogP contribution in [0, 0.1) is 6.92 Å². The van der Waals surface area contributed by atoms with Gasteiger partial charge in [-0.15, -0.1) is 0 Å². The van der Waals surface area contributed by atoms with E-state index < -0.39 is 0 Å². The fourth-order valence-electron chi connectivity index (χ4n) is 3.36. The average Bonchev–Trinajstić information content (AvgIpc) is 3.25. The van der Waals surface area contributed by atoms with E-state index >= 15 is 0 Å². The predicted molar refractivity (Wildman–Crippen MR) is 108 cm³/mol. The highest BCUT2D eigenvalue weighted by molar-refractivity contribution is 6.09. The molecule has 4 aromatic rings. The molecular weight excluding hydrogens is 352 g/mol. The van der Waals surface area contributed by atoms with E-state index in [1.807, 2.05) is 43.6 Å². The van der Waals surface area contributed by atoms with Gasteiger partial charge in [-0.3, -0.25) is 4.79 Å². The van der Waals surface area contributed by atoms with Gasteiger partial charge < -0.3 is 9.88 Å². The second-order valence-electron chi connectivity index (χ2n) is 7.07. The van der Waals surface area contributed by atoms with Crippen LogP contribution >= 0.6 is 0 Å². The topological polar surface area (TPSA) is 77.1 Å². The van der Waals surface area contributed by atoms with Crippen molar-refractivity contribution in [2.75, 3.05) is 5.32 Å². The maximum Gasteiger partial charge on any atom is 0.261 e. The molecule has 0 aliphatic rings. The molecule has 0 saturated carbocycles. The van der Waals surface area contributed by atoms with Gasteiger partial charge in [-0.2, -0.15) is 5.10 Å². The molecule has 1 amide bonds. The van der Waals surface area contributed by atoms with E-state index in [1.54, 1.807) is 23.0 Å². The van der Waals surface area contributed by atoms with E-state index in [1.165, 1.54) is 0 Å². The van der Waals surface area contributed by atoms with E-state index in [4.69, 9.17) is 0 Å². The Kier molecular flexibility index (Phi) is 4.65. The molecule has 3 heterocycles. The Morgan fingerprint density at radius 3 is 2.82 bits per heavy atom. The zero-order valence-electron chi connectivity index (χ0n) is 16.1. The highest BCUT2D eigenvalue weighted by Gasteiger charge is 2.18. The molecule has 0 saturated heterocycles. The lowest BCUT2D eigenvalue weighted by Crippen LogP contribution is -2.13. The van der Waals surface area contributed by atoms with Gasteiger partial charge in [-0.05, 0) is 30.7 Å². The summed E-state index contributed by atoms with van der Waals surface area (Å²) in [6, 6.07) is 9.63. The van der Waals surface area contributed by atoms with Gasteiger partial charge in [0.2, 0.25) is 0 Å². The number of hydrogen-bond acceptors (Lipinski definition) is 4. The number of anilines is 1. The molecule has 0 aliphatic carbocycles. The molecule has 0 unspecified atom stereocenters. The summed E-state index contributed by atoms with van der Waals surface area (Å²) < 4.78 is 3.75. The molecule has 3 aromatic heterocycles. The molecule has 142 valence electrons. The Morgan fingerprint density at radius 2 is 2.00 bits per heavy atom. The monoisotopic (exact) mass is 374 g/mol. The van der Waals surface area contributed by atoms with Crippen LogP contribution in [0.15, 0.2) is 55.1 Å². The first-order chi connectivity index (χ1) is 13.5. The van der Waals surface area contributed by atoms with Crippen LogP contribution in [0.1, 0.15) is 47.2 Å². The van der Waals surface area contributed by atoms with E-state index in [0.29, 0.717) is 29.4 Å². The van der Waals surface area contributed by atoms with E-state index in [-0.39, 0.29) is 5.91 Å². The first-order valence-corrected chi connectivity index (χ1v) is 9.24. The molecule has 1 N–H and O–H groups in total. The summed E-state index contributed by atoms with van der Waals surface area (Å²) in [6.07, 6.45) is 7.24. The van der Waals surface area contributed by atoms with Crippen molar-refractivity contribution < 1.29 is 4.79 Å². The quantitative estimate of drug-likeness (QED) is 0.578. The van der Waals surface area contributed by atoms with Gasteiger partial charge in [0.1, 0.15) is 11.4 Å². The van der Waals surface area contributed by atoms with Crippen molar-refractivity contribution in [3.05, 3.63) is 77.8 Å². The predicted octanol–water partition coefficient (Wildman–Crippen LogP) is 3.66. The SMILES string of the molecule is Cc1nn2cccnc2c1C(=O)Nc1cccc(Cn2ccnc2C(C)C)c1. The lowest BCUT2D eigenvalue weighted by atomic mass is 10.1. The van der Waals surface area contributed by atoms with Gasteiger partial charge >= 0.3 is 0 Å². The van der Waals surface area contributed by atoms with Gasteiger partial charge in [0.15, 0.2) is 5.65 Å². The zero-order valence-corrected chi connectivity index (χ0v) is 16.1. The lowest BCUT2D eigenvalue weighted by molar-refractivity contribution is 0.102. The first kappa shape index (κ1) is 17.9. The van der Waals surface area contributed by atoms with Gasteiger partial charge in [0, 0.05) is 42.9 Å². The van der Waals surface area contributed by atoms with Crippen molar-refractivity contribution >= 4 is 17.2 Å². The summed E-state index contributed by atoms with van der Waals surface area (Å²) in [5.74, 6) is 1.18. The summed E-state index contributed by atoms with van der Waals surface area (Å²) in [5, 5.41) is 7.33. The van der Waals surface area contributed by atoms with Crippen molar-refractivity contribution in [1.82, 2.24) is 24.1 Å². The van der Waals surface area contributed by atoms with Crippen molar-refractivity contribution in [1.29, 1.82) is 0 Å². The van der Waals surface area contributed by atoms with E-state index in [2.05, 4.69) is 38.8 Å². The molecule has 0 bridgehead atoms. The Labute approximate surface area is 163 Å². The Morgan fingerprint density at radius 1 is 1.14 bits per heavy atom. The zero-order chi connectivity index (χ0) is 19.7. The van der Waals surface area contributed by atoms with Gasteiger partial charge in [-0.1, -0.05) is 26.0 Å². The first-order valence-electron chi connectivity index (χ1n) is 9.24. The largest absolute Gasteiger partial charge is 0.330 e. The molecule has 0 atom stereocenters. The Balaban J connectivity index is 1.57. The number of nitrogens with one attached hydrogen (secondary N) is 1. The van der Waals surface area contributed by atoms with Crippen LogP contribution in [0.4, 0.5) is 5.69 Å². The second-order valence-corrected chi connectivity index (χ2v) is 7.07. The molecule has 0 spiro atoms. The normalized spacial score (nSPS) is 11.3. The van der Waals surface area contributed by atoms with E-state index in [0.717, 1.165) is 17.1 Å². The Hall–Kier alpha value is -3.48. The van der Waals surface area contributed by atoms with Crippen LogP contribution in [0.5, 0.6) is 0 Å². The fraction of sp³-hybridized carbons (Fsp3) is 0.238. The highest BCUT2D eigenvalue weighted by atomic mass is 16.1. The number of fused-ring (bicyclic) bond motifs is 1. The third kappa shape index (κ3) is 3.38. The molecule has 0 aliphatic heterocycles. The smallest absolute Gasteiger partial charge is 0.261 e. The standard InChI is InChI=1S/C21H22N6O/c1-14(2)19-23-9-11-26(19)13-16-6-4-7-17(12-16)24-21(28)18-15(3)25-27-10-5-8-22-20(18)27/h4-12,14H,13H2,1-3H3,(H,24,28). The third-order valence-corrected chi connectivity index (χ3v) is 4.60. The highest BCUT2D eigenvalue weighted by Crippen LogP contribution is 2.19. The van der Waals surface area contributed by atoms with Gasteiger partial charge in [0.05, 0.1) is 5.69 Å². The second kappa shape index (κ2) is 7.26. The fourth-order valence-corrected chi connectivity index (χ4v) is 3.36. The number of rotatable bonds is 5. The number of amides is 1. The number of carbonyl (C=O) groups is 1. The summed E-state index contributed by atoms with van der Waals surface area (Å²) >= 11 is 0. The maximum atomic E-state index is 12.9. The molecule has 0 fully saturated rings. The number of nitrogens with zero attached hydrogens (tertiary/aromatic N) is 5. The number of benzene rings is 1. The summed E-state index contributed by atoms with van der Waals surface area (Å²) in [4.78, 5) is 21.6. The average molecular weight is 374 g/mol. The van der Waals surface area contributed by atoms with Crippen LogP contribution in [-0.4, -0.2) is 30.1 Å². The minimum Gasteiger partial charge on any atom is -0.330 e. The Bertz CT molecular complexity index is 1140. The summed E-state index contributed by atoms with van der Waals surface area (Å²) in [5.41, 5.74) is 3.51. The molecular formula is C21H22N6O. The summed E-state index contributed by atoms with van der Waals surface area (Å²) in [6.45, 7) is 6.77. The molecule has 4 rings (SSSR count). The number of imidazole rings is 1. The van der Waals surface area contributed by atoms with Crippen LogP contribution in [-0.2, 0) is 6.54 Å². The van der Waals surface area contributed by atoms with Crippen molar-refractivity contribution in [2.45, 2.75) is 33.2 Å². The number of carbonyl (C=O) groups excluding carboxylic acids is 1. The number of aryl methyl sites for hydroxylation is 1. The van der Waals surface area contributed by atoms with Crippen molar-refractivity contribution in [3.63, 3.8) is 0 Å². The van der Waals surface area contributed by atoms with Gasteiger partial charge in [-0.25, -0.2) is 14.5 Å².